The number of para-hydroxylation sites is 1. The van der Waals surface area contributed by atoms with Crippen molar-refractivity contribution in [2.45, 2.75) is 23.5 Å². The summed E-state index contributed by atoms with van der Waals surface area (Å²) < 4.78 is 0. The first-order valence-electron chi connectivity index (χ1n) is 9.98. The summed E-state index contributed by atoms with van der Waals surface area (Å²) in [6, 6.07) is 23.5. The van der Waals surface area contributed by atoms with Gasteiger partial charge >= 0.3 is 5.97 Å². The van der Waals surface area contributed by atoms with Crippen LogP contribution < -0.4 is 16.0 Å². The molecule has 164 valence electrons. The van der Waals surface area contributed by atoms with E-state index < -0.39 is 5.97 Å². The van der Waals surface area contributed by atoms with Crippen LogP contribution in [0, 0.1) is 0 Å². The Morgan fingerprint density at radius 3 is 2.16 bits per heavy atom. The lowest BCUT2D eigenvalue weighted by atomic mass is 10.2. The molecule has 6 nitrogen and oxygen atoms in total. The second-order valence-corrected chi connectivity index (χ2v) is 8.54. The molecule has 1 atom stereocenters. The highest BCUT2D eigenvalue weighted by molar-refractivity contribution is 8.00. The Balaban J connectivity index is 1.60. The Hall–Kier alpha value is -3.36. The van der Waals surface area contributed by atoms with Gasteiger partial charge in [0.1, 0.15) is 0 Å². The zero-order valence-electron chi connectivity index (χ0n) is 17.4. The van der Waals surface area contributed by atoms with E-state index in [-0.39, 0.29) is 16.7 Å². The number of carboxylic acids is 1. The Morgan fingerprint density at radius 2 is 1.50 bits per heavy atom. The van der Waals surface area contributed by atoms with Crippen LogP contribution >= 0.6 is 24.0 Å². The number of carboxylic acid groups (broad SMARTS) is 1. The van der Waals surface area contributed by atoms with Crippen molar-refractivity contribution in [1.82, 2.24) is 0 Å². The number of hydrogen-bond acceptors (Lipinski definition) is 4. The van der Waals surface area contributed by atoms with E-state index in [4.69, 9.17) is 17.3 Å². The van der Waals surface area contributed by atoms with Gasteiger partial charge in [-0.1, -0.05) is 31.2 Å². The first-order chi connectivity index (χ1) is 15.4. The van der Waals surface area contributed by atoms with Gasteiger partial charge in [0.2, 0.25) is 5.91 Å². The lowest BCUT2D eigenvalue weighted by molar-refractivity contribution is -0.115. The molecule has 8 heteroatoms. The molecule has 0 radical (unpaired) electrons. The van der Waals surface area contributed by atoms with Gasteiger partial charge in [0.05, 0.1) is 10.8 Å². The van der Waals surface area contributed by atoms with Crippen molar-refractivity contribution in [2.75, 3.05) is 16.0 Å². The maximum atomic E-state index is 12.7. The number of rotatable bonds is 8. The number of thiocarbonyl (C=S) groups is 1. The number of carbonyl (C=O) groups excluding carboxylic acids is 1. The predicted octanol–water partition coefficient (Wildman–Crippen LogP) is 5.70. The molecule has 3 aromatic carbocycles. The summed E-state index contributed by atoms with van der Waals surface area (Å²) in [5.41, 5.74) is 2.46. The topological polar surface area (TPSA) is 90.5 Å². The van der Waals surface area contributed by atoms with Crippen LogP contribution in [0.2, 0.25) is 0 Å². The molecule has 0 aliphatic heterocycles. The number of thioether (sulfide) groups is 1. The number of carbonyl (C=O) groups is 2. The molecule has 3 aromatic rings. The minimum atomic E-state index is -1.00. The van der Waals surface area contributed by atoms with E-state index in [1.54, 1.807) is 12.1 Å². The van der Waals surface area contributed by atoms with Gasteiger partial charge in [-0.2, -0.15) is 0 Å². The van der Waals surface area contributed by atoms with Crippen LogP contribution in [0.25, 0.3) is 0 Å². The highest BCUT2D eigenvalue weighted by Crippen LogP contribution is 2.28. The van der Waals surface area contributed by atoms with Crippen LogP contribution in [0.5, 0.6) is 0 Å². The van der Waals surface area contributed by atoms with Gasteiger partial charge in [-0.3, -0.25) is 4.79 Å². The second-order valence-electron chi connectivity index (χ2n) is 6.86. The van der Waals surface area contributed by atoms with Gasteiger partial charge in [0, 0.05) is 22.0 Å². The molecule has 1 unspecified atom stereocenters. The largest absolute Gasteiger partial charge is 0.478 e. The molecule has 0 saturated carbocycles. The van der Waals surface area contributed by atoms with Crippen LogP contribution in [-0.2, 0) is 4.79 Å². The van der Waals surface area contributed by atoms with Crippen molar-refractivity contribution in [1.29, 1.82) is 0 Å². The summed E-state index contributed by atoms with van der Waals surface area (Å²) in [5.74, 6) is -1.14. The van der Waals surface area contributed by atoms with Crippen molar-refractivity contribution in [3.05, 3.63) is 84.4 Å². The first-order valence-corrected chi connectivity index (χ1v) is 11.3. The third kappa shape index (κ3) is 6.83. The van der Waals surface area contributed by atoms with Crippen LogP contribution in [0.15, 0.2) is 83.8 Å². The molecule has 0 aromatic heterocycles. The summed E-state index contributed by atoms with van der Waals surface area (Å²) in [6.07, 6.45) is 0.634. The number of hydrogen-bond donors (Lipinski definition) is 4. The van der Waals surface area contributed by atoms with Gasteiger partial charge in [0.15, 0.2) is 5.11 Å². The van der Waals surface area contributed by atoms with Gasteiger partial charge in [0.25, 0.3) is 0 Å². The van der Waals surface area contributed by atoms with E-state index >= 15 is 0 Å². The minimum Gasteiger partial charge on any atom is -0.478 e. The van der Waals surface area contributed by atoms with E-state index in [9.17, 15) is 9.59 Å². The molecule has 1 amide bonds. The molecule has 0 aliphatic rings. The molecule has 0 saturated heterocycles. The molecule has 0 fully saturated rings. The summed E-state index contributed by atoms with van der Waals surface area (Å²) in [6.45, 7) is 1.95. The number of nitrogens with one attached hydrogen (secondary N) is 3. The standard InChI is InChI=1S/C24H23N3O3S2/c1-2-21(22(28)25-18-13-11-16(12-14-18)23(29)30)32-20-10-6-9-19(15-20)27-24(31)26-17-7-4-3-5-8-17/h3-15,21H,2H2,1H3,(H,25,28)(H,29,30)(H2,26,27,31). The average Bonchev–Trinajstić information content (AvgIpc) is 2.78. The molecule has 0 heterocycles. The number of amides is 1. The molecule has 32 heavy (non-hydrogen) atoms. The minimum absolute atomic E-state index is 0.139. The van der Waals surface area contributed by atoms with Crippen molar-refractivity contribution in [2.24, 2.45) is 0 Å². The molecule has 0 spiro atoms. The predicted molar refractivity (Wildman–Crippen MR) is 135 cm³/mol. The third-order valence-corrected chi connectivity index (χ3v) is 6.03. The highest BCUT2D eigenvalue weighted by Gasteiger charge is 2.18. The van der Waals surface area contributed by atoms with Gasteiger partial charge in [-0.15, -0.1) is 11.8 Å². The lowest BCUT2D eigenvalue weighted by Crippen LogP contribution is -2.24. The van der Waals surface area contributed by atoms with Crippen LogP contribution in [-0.4, -0.2) is 27.3 Å². The fraction of sp³-hybridized carbons (Fsp3) is 0.125. The number of anilines is 3. The van der Waals surface area contributed by atoms with Gasteiger partial charge in [-0.05, 0) is 73.2 Å². The third-order valence-electron chi connectivity index (χ3n) is 4.46. The van der Waals surface area contributed by atoms with Crippen molar-refractivity contribution >= 4 is 58.0 Å². The van der Waals surface area contributed by atoms with E-state index in [0.29, 0.717) is 17.2 Å². The fourth-order valence-electron chi connectivity index (χ4n) is 2.87. The Bertz CT molecular complexity index is 1090. The summed E-state index contributed by atoms with van der Waals surface area (Å²) >= 11 is 6.84. The Kier molecular flexibility index (Phi) is 8.24. The van der Waals surface area contributed by atoms with Crippen LogP contribution in [0.3, 0.4) is 0 Å². The quantitative estimate of drug-likeness (QED) is 0.250. The SMILES string of the molecule is CCC(Sc1cccc(NC(=S)Nc2ccccc2)c1)C(=O)Nc1ccc(C(=O)O)cc1. The molecular formula is C24H23N3O3S2. The Labute approximate surface area is 196 Å². The van der Waals surface area contributed by atoms with E-state index in [2.05, 4.69) is 16.0 Å². The molecular weight excluding hydrogens is 442 g/mol. The normalized spacial score (nSPS) is 11.3. The zero-order chi connectivity index (χ0) is 22.9. The summed E-state index contributed by atoms with van der Waals surface area (Å²) in [4.78, 5) is 24.6. The fourth-order valence-corrected chi connectivity index (χ4v) is 4.12. The maximum Gasteiger partial charge on any atom is 0.335 e. The first kappa shape index (κ1) is 23.3. The summed E-state index contributed by atoms with van der Waals surface area (Å²) in [5, 5.41) is 18.3. The van der Waals surface area contributed by atoms with Crippen molar-refractivity contribution in [3.8, 4) is 0 Å². The van der Waals surface area contributed by atoms with E-state index in [1.165, 1.54) is 23.9 Å². The van der Waals surface area contributed by atoms with Crippen molar-refractivity contribution in [3.63, 3.8) is 0 Å². The maximum absolute atomic E-state index is 12.7. The second kappa shape index (κ2) is 11.3. The van der Waals surface area contributed by atoms with E-state index in [1.807, 2.05) is 61.5 Å². The number of aromatic carboxylic acids is 1. The van der Waals surface area contributed by atoms with E-state index in [0.717, 1.165) is 16.3 Å². The van der Waals surface area contributed by atoms with Crippen molar-refractivity contribution < 1.29 is 14.7 Å². The van der Waals surface area contributed by atoms with Gasteiger partial charge < -0.3 is 21.1 Å². The molecule has 3 rings (SSSR count). The van der Waals surface area contributed by atoms with Gasteiger partial charge in [-0.25, -0.2) is 4.79 Å². The lowest BCUT2D eigenvalue weighted by Gasteiger charge is -2.16. The highest BCUT2D eigenvalue weighted by atomic mass is 32.2. The van der Waals surface area contributed by atoms with Crippen LogP contribution in [0.1, 0.15) is 23.7 Å². The van der Waals surface area contributed by atoms with Crippen LogP contribution in [0.4, 0.5) is 17.1 Å². The summed E-state index contributed by atoms with van der Waals surface area (Å²) in [7, 11) is 0. The zero-order valence-corrected chi connectivity index (χ0v) is 19.0. The monoisotopic (exact) mass is 465 g/mol. The molecule has 4 N–H and O–H groups in total. The average molecular weight is 466 g/mol. The smallest absolute Gasteiger partial charge is 0.335 e. The molecule has 0 aliphatic carbocycles. The molecule has 0 bridgehead atoms. The number of benzene rings is 3. The Morgan fingerprint density at radius 1 is 0.875 bits per heavy atom.